The Labute approximate surface area is 171 Å². The number of sulfone groups is 1. The molecule has 3 rings (SSSR count). The van der Waals surface area contributed by atoms with Crippen LogP contribution < -0.4 is 5.32 Å². The van der Waals surface area contributed by atoms with Crippen LogP contribution in [0.3, 0.4) is 0 Å². The lowest BCUT2D eigenvalue weighted by Crippen LogP contribution is -2.42. The van der Waals surface area contributed by atoms with E-state index in [1.807, 2.05) is 18.2 Å². The number of hydrogen-bond donors (Lipinski definition) is 1. The van der Waals surface area contributed by atoms with Crippen LogP contribution in [0.1, 0.15) is 60.5 Å². The van der Waals surface area contributed by atoms with Crippen LogP contribution in [-0.2, 0) is 37.0 Å². The molecule has 1 aliphatic carbocycles. The molecule has 0 aromatic heterocycles. The van der Waals surface area contributed by atoms with Crippen molar-refractivity contribution in [2.75, 3.05) is 11.5 Å². The van der Waals surface area contributed by atoms with Crippen molar-refractivity contribution >= 4 is 27.5 Å². The van der Waals surface area contributed by atoms with E-state index >= 15 is 0 Å². The van der Waals surface area contributed by atoms with Crippen molar-refractivity contribution in [1.82, 2.24) is 5.32 Å². The van der Waals surface area contributed by atoms with Crippen LogP contribution in [0.2, 0.25) is 0 Å². The van der Waals surface area contributed by atoms with Gasteiger partial charge in [-0.15, -0.1) is 0 Å². The molecule has 1 saturated heterocycles. The number of benzene rings is 1. The van der Waals surface area contributed by atoms with Crippen LogP contribution in [0.4, 0.5) is 0 Å². The van der Waals surface area contributed by atoms with Crippen LogP contribution in [0.5, 0.6) is 0 Å². The molecule has 1 N–H and O–H groups in total. The Kier molecular flexibility index (Phi) is 6.72. The quantitative estimate of drug-likeness (QED) is 0.531. The first-order valence-corrected chi connectivity index (χ1v) is 11.9. The molecule has 2 aliphatic rings. The molecular weight excluding hydrogens is 394 g/mol. The van der Waals surface area contributed by atoms with E-state index in [2.05, 4.69) is 5.32 Å². The molecule has 0 saturated carbocycles. The Morgan fingerprint density at radius 3 is 2.55 bits per heavy atom. The van der Waals surface area contributed by atoms with Gasteiger partial charge in [0, 0.05) is 18.0 Å². The minimum atomic E-state index is -3.10. The van der Waals surface area contributed by atoms with Crippen molar-refractivity contribution in [2.45, 2.75) is 64.0 Å². The minimum absolute atomic E-state index is 0.0207. The molecule has 1 amide bonds. The monoisotopic (exact) mass is 421 g/mol. The summed E-state index contributed by atoms with van der Waals surface area (Å²) in [6, 6.07) is 5.28. The van der Waals surface area contributed by atoms with Crippen LogP contribution in [0.15, 0.2) is 18.2 Å². The number of ether oxygens (including phenoxy) is 1. The lowest BCUT2D eigenvalue weighted by molar-refractivity contribution is -0.154. The molecule has 8 heteroatoms. The molecule has 158 valence electrons. The molecule has 0 unspecified atom stereocenters. The van der Waals surface area contributed by atoms with E-state index in [4.69, 9.17) is 4.74 Å². The second kappa shape index (κ2) is 9.07. The normalized spacial score (nSPS) is 21.1. The zero-order valence-electron chi connectivity index (χ0n) is 16.6. The summed E-state index contributed by atoms with van der Waals surface area (Å²) in [5.41, 5.74) is 3.11. The summed E-state index contributed by atoms with van der Waals surface area (Å²) in [7, 11) is -3.10. The van der Waals surface area contributed by atoms with Crippen molar-refractivity contribution in [1.29, 1.82) is 0 Å². The van der Waals surface area contributed by atoms with Gasteiger partial charge in [-0.25, -0.2) is 8.42 Å². The molecule has 0 spiro atoms. The fraction of sp³-hybridized carbons (Fsp3) is 0.571. The summed E-state index contributed by atoms with van der Waals surface area (Å²) >= 11 is 0. The van der Waals surface area contributed by atoms with Crippen molar-refractivity contribution in [2.24, 2.45) is 0 Å². The van der Waals surface area contributed by atoms with Crippen molar-refractivity contribution < 1.29 is 27.5 Å². The first-order valence-electron chi connectivity index (χ1n) is 10.1. The lowest BCUT2D eigenvalue weighted by Gasteiger charge is -2.17. The van der Waals surface area contributed by atoms with E-state index in [0.717, 1.165) is 19.3 Å². The number of hydrogen-bond acceptors (Lipinski definition) is 6. The van der Waals surface area contributed by atoms with E-state index in [9.17, 15) is 22.8 Å². The van der Waals surface area contributed by atoms with Gasteiger partial charge in [-0.2, -0.15) is 0 Å². The smallest absolute Gasteiger partial charge is 0.307 e. The van der Waals surface area contributed by atoms with Crippen LogP contribution in [0.25, 0.3) is 0 Å². The van der Waals surface area contributed by atoms with Gasteiger partial charge in [-0.1, -0.05) is 12.1 Å². The van der Waals surface area contributed by atoms with Gasteiger partial charge in [0.25, 0.3) is 5.91 Å². The Bertz CT molecular complexity index is 908. The number of aryl methyl sites for hydroxylation is 2. The van der Waals surface area contributed by atoms with E-state index in [0.29, 0.717) is 12.0 Å². The predicted molar refractivity (Wildman–Crippen MR) is 107 cm³/mol. The van der Waals surface area contributed by atoms with E-state index in [1.165, 1.54) is 24.5 Å². The number of rotatable bonds is 7. The maximum atomic E-state index is 12.4. The van der Waals surface area contributed by atoms with Gasteiger partial charge in [-0.05, 0) is 56.2 Å². The molecule has 1 fully saturated rings. The number of nitrogens with one attached hydrogen (secondary N) is 1. The van der Waals surface area contributed by atoms with Gasteiger partial charge in [0.05, 0.1) is 17.9 Å². The maximum Gasteiger partial charge on any atom is 0.307 e. The first-order chi connectivity index (χ1) is 13.7. The third-order valence-electron chi connectivity index (χ3n) is 5.48. The van der Waals surface area contributed by atoms with Crippen LogP contribution in [-0.4, -0.2) is 49.7 Å². The second-order valence-electron chi connectivity index (χ2n) is 7.85. The molecule has 1 heterocycles. The second-order valence-corrected chi connectivity index (χ2v) is 10.1. The number of fused-ring (bicyclic) bond motifs is 1. The number of amides is 1. The largest absolute Gasteiger partial charge is 0.453 e. The molecule has 1 aliphatic heterocycles. The van der Waals surface area contributed by atoms with E-state index in [-0.39, 0.29) is 30.1 Å². The third-order valence-corrected chi connectivity index (χ3v) is 7.25. The van der Waals surface area contributed by atoms with Crippen LogP contribution >= 0.6 is 0 Å². The molecule has 0 radical (unpaired) electrons. The van der Waals surface area contributed by atoms with Gasteiger partial charge in [-0.3, -0.25) is 14.4 Å². The number of Topliss-reactive ketones (excluding diaryl/α,β-unsaturated/α-hetero) is 1. The molecule has 29 heavy (non-hydrogen) atoms. The van der Waals surface area contributed by atoms with Gasteiger partial charge < -0.3 is 10.1 Å². The summed E-state index contributed by atoms with van der Waals surface area (Å²) in [4.78, 5) is 36.5. The number of ketones is 1. The highest BCUT2D eigenvalue weighted by atomic mass is 32.2. The molecule has 0 bridgehead atoms. The standard InChI is InChI=1S/C21H27NO6S/c1-14(21(25)22-18-10-11-29(26,27)13-18)28-20(24)9-8-19(23)17-7-6-15-4-2-3-5-16(15)12-17/h6-7,12,14,18H,2-5,8-11,13H2,1H3,(H,22,25)/t14-,18-/m1/s1. The fourth-order valence-electron chi connectivity index (χ4n) is 3.80. The van der Waals surface area contributed by atoms with Gasteiger partial charge in [0.2, 0.25) is 0 Å². The van der Waals surface area contributed by atoms with Gasteiger partial charge >= 0.3 is 5.97 Å². The Morgan fingerprint density at radius 1 is 1.14 bits per heavy atom. The summed E-state index contributed by atoms with van der Waals surface area (Å²) in [5, 5.41) is 2.60. The number of carbonyl (C=O) groups excluding carboxylic acids is 3. The predicted octanol–water partition coefficient (Wildman–Crippen LogP) is 1.76. The number of carbonyl (C=O) groups is 3. The third kappa shape index (κ3) is 5.88. The summed E-state index contributed by atoms with van der Waals surface area (Å²) in [5.74, 6) is -1.31. The highest BCUT2D eigenvalue weighted by Gasteiger charge is 2.30. The molecule has 2 atom stereocenters. The summed E-state index contributed by atoms with van der Waals surface area (Å²) in [6.07, 6.45) is 3.57. The average Bonchev–Trinajstić information content (AvgIpc) is 3.03. The first kappa shape index (κ1) is 21.5. The zero-order chi connectivity index (χ0) is 21.0. The molecule has 1 aromatic carbocycles. The Balaban J connectivity index is 1.44. The fourth-order valence-corrected chi connectivity index (χ4v) is 5.48. The zero-order valence-corrected chi connectivity index (χ0v) is 17.4. The summed E-state index contributed by atoms with van der Waals surface area (Å²) in [6.45, 7) is 1.43. The molecule has 7 nitrogen and oxygen atoms in total. The highest BCUT2D eigenvalue weighted by Crippen LogP contribution is 2.23. The topological polar surface area (TPSA) is 107 Å². The van der Waals surface area contributed by atoms with Gasteiger partial charge in [0.1, 0.15) is 0 Å². The maximum absolute atomic E-state index is 12.4. The Morgan fingerprint density at radius 2 is 1.86 bits per heavy atom. The lowest BCUT2D eigenvalue weighted by atomic mass is 9.89. The van der Waals surface area contributed by atoms with Crippen molar-refractivity contribution in [3.63, 3.8) is 0 Å². The Hall–Kier alpha value is -2.22. The van der Waals surface area contributed by atoms with E-state index in [1.54, 1.807) is 0 Å². The average molecular weight is 422 g/mol. The SMILES string of the molecule is C[C@@H](OC(=O)CCC(=O)c1ccc2c(c1)CCCC2)C(=O)N[C@@H]1CCS(=O)(=O)C1. The minimum Gasteiger partial charge on any atom is -0.453 e. The van der Waals surface area contributed by atoms with E-state index < -0.39 is 33.9 Å². The molecular formula is C21H27NO6S. The highest BCUT2D eigenvalue weighted by molar-refractivity contribution is 7.91. The summed E-state index contributed by atoms with van der Waals surface area (Å²) < 4.78 is 28.0. The number of esters is 1. The van der Waals surface area contributed by atoms with Crippen molar-refractivity contribution in [3.8, 4) is 0 Å². The van der Waals surface area contributed by atoms with Crippen LogP contribution in [0, 0.1) is 0 Å². The molecule has 1 aromatic rings. The van der Waals surface area contributed by atoms with Gasteiger partial charge in [0.15, 0.2) is 21.7 Å². The van der Waals surface area contributed by atoms with Crippen molar-refractivity contribution in [3.05, 3.63) is 34.9 Å².